The molecule has 0 aliphatic heterocycles. The number of rotatable bonds is 66. The summed E-state index contributed by atoms with van der Waals surface area (Å²) in [5, 5.41) is 0. The average Bonchev–Trinajstić information content (AvgIpc) is 3.21. The molecule has 0 spiro atoms. The van der Waals surface area contributed by atoms with Crippen molar-refractivity contribution in [3.05, 3.63) is 0 Å². The molecule has 0 N–H and O–H groups in total. The molecule has 0 bridgehead atoms. The maximum absolute atomic E-state index is 13.1. The van der Waals surface area contributed by atoms with Crippen LogP contribution in [0.15, 0.2) is 0 Å². The quantitative estimate of drug-likeness (QED) is 0.0247. The van der Waals surface area contributed by atoms with Crippen molar-refractivity contribution in [3.8, 4) is 0 Å². The van der Waals surface area contributed by atoms with Crippen LogP contribution in [0.4, 0.5) is 0 Å². The Morgan fingerprint density at radius 2 is 0.451 bits per heavy atom. The van der Waals surface area contributed by atoms with Crippen LogP contribution in [0, 0.1) is 29.6 Å². The van der Waals surface area contributed by atoms with Gasteiger partial charge >= 0.3 is 591 Å². The van der Waals surface area contributed by atoms with Gasteiger partial charge in [-0.05, 0) is 0 Å². The Morgan fingerprint density at radius 1 is 0.253 bits per heavy atom. The zero-order valence-corrected chi connectivity index (χ0v) is 71.4. The van der Waals surface area contributed by atoms with Gasteiger partial charge in [0.05, 0.1) is 0 Å². The molecule has 0 amide bonds. The number of carbonyl (C=O) groups is 5. The van der Waals surface area contributed by atoms with Gasteiger partial charge in [0.2, 0.25) is 0 Å². The molecule has 91 heavy (non-hydrogen) atoms. The van der Waals surface area contributed by atoms with Crippen molar-refractivity contribution < 1.29 is 47.7 Å². The van der Waals surface area contributed by atoms with Crippen LogP contribution in [0.25, 0.3) is 0 Å². The molecule has 0 aliphatic rings. The van der Waals surface area contributed by atoms with Crippen LogP contribution >= 0.6 is 44.7 Å². The molecule has 0 aromatic rings. The fourth-order valence-corrected chi connectivity index (χ4v) is 71.3. The molecular formula is C74H146O10S5Sn2. The van der Waals surface area contributed by atoms with E-state index < -0.39 is 29.8 Å². The van der Waals surface area contributed by atoms with E-state index in [-0.39, 0.29) is 47.1 Å². The second-order valence-electron chi connectivity index (χ2n) is 26.1. The molecule has 17 heteroatoms. The zero-order chi connectivity index (χ0) is 67.9. The Bertz CT molecular complexity index is 1540. The fraction of sp³-hybridized carbons (Fsp3) is 0.932. The van der Waals surface area contributed by atoms with Gasteiger partial charge in [-0.2, -0.15) is 0 Å². The van der Waals surface area contributed by atoms with Crippen molar-refractivity contribution in [2.75, 3.05) is 61.8 Å². The van der Waals surface area contributed by atoms with E-state index in [0.717, 1.165) is 120 Å². The third kappa shape index (κ3) is 56.2. The van der Waals surface area contributed by atoms with Gasteiger partial charge in [0, 0.05) is 0 Å². The van der Waals surface area contributed by atoms with Gasteiger partial charge < -0.3 is 0 Å². The fourth-order valence-electron chi connectivity index (χ4n) is 10.9. The number of esters is 5. The molecule has 0 saturated carbocycles. The summed E-state index contributed by atoms with van der Waals surface area (Å²) in [4.78, 5) is 65.3. The van der Waals surface area contributed by atoms with E-state index >= 15 is 0 Å². The van der Waals surface area contributed by atoms with E-state index in [0.29, 0.717) is 74.1 Å². The molecule has 10 nitrogen and oxygen atoms in total. The number of unbranched alkanes of at least 4 members (excludes halogenated alkanes) is 20. The van der Waals surface area contributed by atoms with E-state index in [1.807, 2.05) is 17.9 Å². The van der Waals surface area contributed by atoms with Crippen LogP contribution < -0.4 is 0 Å². The SMILES string of the molecule is CCCCCCC[CH2][Sn]([CH2]CCCCCCC)([S]CC(=O)OCC(CC)CCCC)[S]CC(=O)OCC(CC)CCCC.CCCCCCC[CH2][Sn]([S]CC(=O)OCC(CC)CCCC)([S]CC(=O)OCC(CC)CCCC)[S]CC(=O)OCC(CC)CCCC. The Kier molecular flexibility index (Phi) is 69.9. The van der Waals surface area contributed by atoms with Gasteiger partial charge in [0.1, 0.15) is 0 Å². The Morgan fingerprint density at radius 3 is 0.670 bits per heavy atom. The van der Waals surface area contributed by atoms with Crippen LogP contribution in [0.2, 0.25) is 13.3 Å². The standard InChI is InChI=1S/5C10H20O2S.3C8H17.2Sn/c5*1-3-5-6-9(4-2)7-12-10(11)8-13;3*1-3-5-7-8-6-4-2;;/h5*9,13H,3-8H2,1-2H3;3*1,3-8H2,2H3;;/q;;;;;;;;+2;+3/p-5. The minimum atomic E-state index is -3.43. The van der Waals surface area contributed by atoms with E-state index in [9.17, 15) is 24.0 Å². The predicted octanol–water partition coefficient (Wildman–Crippen LogP) is 23.9. The van der Waals surface area contributed by atoms with E-state index in [1.165, 1.54) is 137 Å². The van der Waals surface area contributed by atoms with Gasteiger partial charge in [-0.3, -0.25) is 0 Å². The van der Waals surface area contributed by atoms with E-state index in [2.05, 4.69) is 90.0 Å². The molecule has 5 unspecified atom stereocenters. The van der Waals surface area contributed by atoms with E-state index in [4.69, 9.17) is 23.7 Å². The van der Waals surface area contributed by atoms with Crippen molar-refractivity contribution in [2.45, 2.75) is 347 Å². The number of hydrogen-bond donors (Lipinski definition) is 0. The number of hydrogen-bond acceptors (Lipinski definition) is 15. The average molecular weight is 1590 g/mol. The second kappa shape index (κ2) is 67.9. The number of carbonyl (C=O) groups excluding carboxylic acids is 5. The molecular weight excluding hydrogens is 1450 g/mol. The summed E-state index contributed by atoms with van der Waals surface area (Å²) in [6.07, 6.45) is 44.9. The first-order valence-electron chi connectivity index (χ1n) is 38.1. The third-order valence-corrected chi connectivity index (χ3v) is 86.4. The molecule has 0 saturated heterocycles. The summed E-state index contributed by atoms with van der Waals surface area (Å²) < 4.78 is 32.5. The topological polar surface area (TPSA) is 132 Å². The monoisotopic (exact) mass is 1590 g/mol. The first-order valence-corrected chi connectivity index (χ1v) is 66.6. The second-order valence-corrected chi connectivity index (χ2v) is 86.2. The summed E-state index contributed by atoms with van der Waals surface area (Å²) in [6, 6.07) is 0. The molecule has 0 radical (unpaired) electrons. The maximum atomic E-state index is 13.1. The molecule has 0 aliphatic carbocycles. The minimum absolute atomic E-state index is 0.0446. The summed E-state index contributed by atoms with van der Waals surface area (Å²) in [6.45, 7) is 31.2. The van der Waals surface area contributed by atoms with Gasteiger partial charge in [0.25, 0.3) is 0 Å². The Balaban J connectivity index is 0. The molecule has 0 fully saturated rings. The molecule has 0 aromatic carbocycles. The van der Waals surface area contributed by atoms with Gasteiger partial charge in [-0.25, -0.2) is 0 Å². The van der Waals surface area contributed by atoms with Gasteiger partial charge in [0.15, 0.2) is 0 Å². The molecule has 540 valence electrons. The van der Waals surface area contributed by atoms with Crippen LogP contribution in [0.1, 0.15) is 334 Å². The van der Waals surface area contributed by atoms with Gasteiger partial charge in [-0.15, -0.1) is 0 Å². The summed E-state index contributed by atoms with van der Waals surface area (Å²) in [7, 11) is 9.12. The van der Waals surface area contributed by atoms with Crippen LogP contribution in [-0.2, 0) is 47.7 Å². The van der Waals surface area contributed by atoms with Crippen molar-refractivity contribution in [1.82, 2.24) is 0 Å². The summed E-state index contributed by atoms with van der Waals surface area (Å²) >= 11 is -6.38. The van der Waals surface area contributed by atoms with Crippen molar-refractivity contribution in [2.24, 2.45) is 29.6 Å². The van der Waals surface area contributed by atoms with Crippen molar-refractivity contribution in [1.29, 1.82) is 0 Å². The predicted molar refractivity (Wildman–Crippen MR) is 410 cm³/mol. The van der Waals surface area contributed by atoms with E-state index in [1.54, 1.807) is 26.8 Å². The Labute approximate surface area is 585 Å². The summed E-state index contributed by atoms with van der Waals surface area (Å²) in [5.41, 5.74) is 0. The Hall–Kier alpha value is 0.697. The third-order valence-electron chi connectivity index (χ3n) is 17.9. The molecule has 0 rings (SSSR count). The normalized spacial score (nSPS) is 13.9. The molecule has 0 heterocycles. The first-order chi connectivity index (χ1) is 44.1. The van der Waals surface area contributed by atoms with Gasteiger partial charge in [-0.1, -0.05) is 0 Å². The van der Waals surface area contributed by atoms with Crippen molar-refractivity contribution in [3.63, 3.8) is 0 Å². The van der Waals surface area contributed by atoms with Crippen LogP contribution in [0.3, 0.4) is 0 Å². The van der Waals surface area contributed by atoms with Crippen molar-refractivity contribution >= 4 is 104 Å². The summed E-state index contributed by atoms with van der Waals surface area (Å²) in [5.74, 6) is 3.31. The zero-order valence-electron chi connectivity index (χ0n) is 61.6. The first kappa shape index (κ1) is 93.8. The van der Waals surface area contributed by atoms with Crippen LogP contribution in [-0.4, -0.2) is 121 Å². The molecule has 5 atom stereocenters. The molecule has 0 aromatic heterocycles. The number of ether oxygens (including phenoxy) is 5. The van der Waals surface area contributed by atoms with Crippen LogP contribution in [0.5, 0.6) is 0 Å².